The van der Waals surface area contributed by atoms with Crippen molar-refractivity contribution in [3.63, 3.8) is 0 Å². The summed E-state index contributed by atoms with van der Waals surface area (Å²) in [4.78, 5) is 0. The Hall–Kier alpha value is -0.900. The molecule has 0 saturated carbocycles. The predicted octanol–water partition coefficient (Wildman–Crippen LogP) is 1.45. The van der Waals surface area contributed by atoms with E-state index in [-0.39, 0.29) is 0 Å². The van der Waals surface area contributed by atoms with Crippen LogP contribution in [0.2, 0.25) is 0 Å². The van der Waals surface area contributed by atoms with E-state index in [1.807, 2.05) is 6.92 Å². The quantitative estimate of drug-likeness (QED) is 0.725. The summed E-state index contributed by atoms with van der Waals surface area (Å²) in [5, 5.41) is 8.28. The van der Waals surface area contributed by atoms with Crippen molar-refractivity contribution in [1.82, 2.24) is 14.8 Å². The van der Waals surface area contributed by atoms with Crippen LogP contribution in [-0.2, 0) is 6.42 Å². The third kappa shape index (κ3) is 2.54. The molecule has 0 aromatic carbocycles. The Bertz CT molecular complexity index is 278. The maximum atomic E-state index is 5.45. The van der Waals surface area contributed by atoms with Gasteiger partial charge in [0.2, 0.25) is 0 Å². The van der Waals surface area contributed by atoms with Crippen molar-refractivity contribution in [3.8, 4) is 0 Å². The molecule has 4 nitrogen and oxygen atoms in total. The van der Waals surface area contributed by atoms with Crippen LogP contribution in [0.15, 0.2) is 0 Å². The first-order valence-electron chi connectivity index (χ1n) is 5.27. The number of aryl methyl sites for hydroxylation is 2. The molecule has 0 unspecified atom stereocenters. The fourth-order valence-electron chi connectivity index (χ4n) is 1.68. The van der Waals surface area contributed by atoms with Crippen molar-refractivity contribution in [2.75, 3.05) is 6.54 Å². The normalized spacial score (nSPS) is 11.2. The molecule has 80 valence electrons. The van der Waals surface area contributed by atoms with Crippen molar-refractivity contribution in [2.45, 2.75) is 46.1 Å². The summed E-state index contributed by atoms with van der Waals surface area (Å²) in [6.45, 7) is 7.07. The lowest BCUT2D eigenvalue weighted by molar-refractivity contribution is 0.544. The van der Waals surface area contributed by atoms with Gasteiger partial charge in [-0.05, 0) is 40.2 Å². The molecule has 0 saturated heterocycles. The van der Waals surface area contributed by atoms with E-state index in [0.29, 0.717) is 6.04 Å². The average molecular weight is 196 g/mol. The largest absolute Gasteiger partial charge is 0.330 e. The topological polar surface area (TPSA) is 56.7 Å². The molecule has 1 heterocycles. The molecular weight excluding hydrogens is 176 g/mol. The highest BCUT2D eigenvalue weighted by atomic mass is 15.3. The summed E-state index contributed by atoms with van der Waals surface area (Å²) in [5.41, 5.74) is 5.45. The molecule has 0 aliphatic rings. The average Bonchev–Trinajstić information content (AvgIpc) is 2.47. The van der Waals surface area contributed by atoms with Crippen LogP contribution in [0, 0.1) is 6.92 Å². The van der Waals surface area contributed by atoms with E-state index >= 15 is 0 Å². The van der Waals surface area contributed by atoms with E-state index in [4.69, 9.17) is 5.73 Å². The van der Waals surface area contributed by atoms with Gasteiger partial charge in [-0.15, -0.1) is 10.2 Å². The number of hydrogen-bond acceptors (Lipinski definition) is 3. The first-order valence-corrected chi connectivity index (χ1v) is 5.27. The molecule has 0 amide bonds. The van der Waals surface area contributed by atoms with Crippen LogP contribution in [0.3, 0.4) is 0 Å². The summed E-state index contributed by atoms with van der Waals surface area (Å²) in [7, 11) is 0. The van der Waals surface area contributed by atoms with Gasteiger partial charge in [0.1, 0.15) is 11.6 Å². The third-order valence-corrected chi connectivity index (χ3v) is 2.31. The summed E-state index contributed by atoms with van der Waals surface area (Å²) in [5.74, 6) is 2.09. The highest BCUT2D eigenvalue weighted by Gasteiger charge is 2.10. The van der Waals surface area contributed by atoms with E-state index < -0.39 is 0 Å². The van der Waals surface area contributed by atoms with Crippen LogP contribution in [-0.4, -0.2) is 21.3 Å². The fourth-order valence-corrected chi connectivity index (χ4v) is 1.68. The van der Waals surface area contributed by atoms with Gasteiger partial charge in [-0.1, -0.05) is 0 Å². The minimum absolute atomic E-state index is 0.442. The van der Waals surface area contributed by atoms with Gasteiger partial charge >= 0.3 is 0 Å². The molecule has 1 rings (SSSR count). The second kappa shape index (κ2) is 5.10. The van der Waals surface area contributed by atoms with Crippen LogP contribution in [0.1, 0.15) is 44.4 Å². The molecule has 0 radical (unpaired) electrons. The smallest absolute Gasteiger partial charge is 0.133 e. The van der Waals surface area contributed by atoms with Gasteiger partial charge in [-0.2, -0.15) is 0 Å². The SMILES string of the molecule is Cc1nnc(CCCCN)n1C(C)C. The summed E-state index contributed by atoms with van der Waals surface area (Å²) in [6.07, 6.45) is 3.14. The maximum Gasteiger partial charge on any atom is 0.133 e. The van der Waals surface area contributed by atoms with Crippen LogP contribution in [0.4, 0.5) is 0 Å². The minimum atomic E-state index is 0.442. The third-order valence-electron chi connectivity index (χ3n) is 2.31. The van der Waals surface area contributed by atoms with Gasteiger partial charge in [0.05, 0.1) is 0 Å². The first kappa shape index (κ1) is 11.2. The summed E-state index contributed by atoms with van der Waals surface area (Å²) in [6, 6.07) is 0.442. The van der Waals surface area contributed by atoms with Crippen molar-refractivity contribution in [1.29, 1.82) is 0 Å². The Morgan fingerprint density at radius 1 is 1.29 bits per heavy atom. The lowest BCUT2D eigenvalue weighted by Gasteiger charge is -2.11. The van der Waals surface area contributed by atoms with E-state index in [2.05, 4.69) is 28.6 Å². The molecule has 0 bridgehead atoms. The van der Waals surface area contributed by atoms with Crippen molar-refractivity contribution in [3.05, 3.63) is 11.6 Å². The lowest BCUT2D eigenvalue weighted by atomic mass is 10.2. The van der Waals surface area contributed by atoms with Gasteiger partial charge in [-0.25, -0.2) is 0 Å². The highest BCUT2D eigenvalue weighted by molar-refractivity contribution is 4.96. The molecule has 2 N–H and O–H groups in total. The Morgan fingerprint density at radius 2 is 2.00 bits per heavy atom. The zero-order valence-electron chi connectivity index (χ0n) is 9.32. The van der Waals surface area contributed by atoms with Crippen LogP contribution >= 0.6 is 0 Å². The van der Waals surface area contributed by atoms with E-state index in [9.17, 15) is 0 Å². The molecule has 0 spiro atoms. The Kier molecular flexibility index (Phi) is 4.07. The molecule has 1 aromatic heterocycles. The summed E-state index contributed by atoms with van der Waals surface area (Å²) >= 11 is 0. The highest BCUT2D eigenvalue weighted by Crippen LogP contribution is 2.12. The number of hydrogen-bond donors (Lipinski definition) is 1. The van der Waals surface area contributed by atoms with Crippen LogP contribution in [0.25, 0.3) is 0 Å². The minimum Gasteiger partial charge on any atom is -0.330 e. The van der Waals surface area contributed by atoms with Crippen LogP contribution < -0.4 is 5.73 Å². The molecular formula is C10H20N4. The number of aromatic nitrogens is 3. The van der Waals surface area contributed by atoms with Crippen molar-refractivity contribution in [2.24, 2.45) is 5.73 Å². The fraction of sp³-hybridized carbons (Fsp3) is 0.800. The molecule has 0 atom stereocenters. The van der Waals surface area contributed by atoms with Crippen LogP contribution in [0.5, 0.6) is 0 Å². The molecule has 0 aliphatic carbocycles. The molecule has 1 aromatic rings. The van der Waals surface area contributed by atoms with Gasteiger partial charge in [0.25, 0.3) is 0 Å². The second-order valence-corrected chi connectivity index (χ2v) is 3.87. The molecule has 0 aliphatic heterocycles. The first-order chi connectivity index (χ1) is 6.66. The van der Waals surface area contributed by atoms with E-state index in [1.54, 1.807) is 0 Å². The predicted molar refractivity (Wildman–Crippen MR) is 57.1 cm³/mol. The Morgan fingerprint density at radius 3 is 2.57 bits per heavy atom. The monoisotopic (exact) mass is 196 g/mol. The van der Waals surface area contributed by atoms with Gasteiger partial charge in [-0.3, -0.25) is 0 Å². The second-order valence-electron chi connectivity index (χ2n) is 3.87. The zero-order chi connectivity index (χ0) is 10.6. The maximum absolute atomic E-state index is 5.45. The van der Waals surface area contributed by atoms with E-state index in [0.717, 1.165) is 37.5 Å². The molecule has 4 heteroatoms. The Labute approximate surface area is 85.5 Å². The Balaban J connectivity index is 2.66. The van der Waals surface area contributed by atoms with Crippen molar-refractivity contribution >= 4 is 0 Å². The summed E-state index contributed by atoms with van der Waals surface area (Å²) < 4.78 is 2.19. The standard InChI is InChI=1S/C10H20N4/c1-8(2)14-9(3)12-13-10(14)6-4-5-7-11/h8H,4-7,11H2,1-3H3. The number of rotatable bonds is 5. The van der Waals surface area contributed by atoms with Gasteiger partial charge in [0.15, 0.2) is 0 Å². The molecule has 14 heavy (non-hydrogen) atoms. The van der Waals surface area contributed by atoms with Crippen molar-refractivity contribution < 1.29 is 0 Å². The number of nitrogens with zero attached hydrogens (tertiary/aromatic N) is 3. The number of nitrogens with two attached hydrogens (primary N) is 1. The van der Waals surface area contributed by atoms with Gasteiger partial charge < -0.3 is 10.3 Å². The van der Waals surface area contributed by atoms with Gasteiger partial charge in [0, 0.05) is 12.5 Å². The van der Waals surface area contributed by atoms with E-state index in [1.165, 1.54) is 0 Å². The molecule has 0 fully saturated rings. The lowest BCUT2D eigenvalue weighted by Crippen LogP contribution is -2.09. The zero-order valence-corrected chi connectivity index (χ0v) is 9.32. The number of unbranched alkanes of at least 4 members (excludes halogenated alkanes) is 1.